The van der Waals surface area contributed by atoms with Gasteiger partial charge in [-0.3, -0.25) is 29.0 Å². The molecule has 0 saturated carbocycles. The van der Waals surface area contributed by atoms with E-state index >= 15 is 0 Å². The first-order valence-corrected chi connectivity index (χ1v) is 13.4. The number of carbonyl (C=O) groups excluding carboxylic acids is 4. The summed E-state index contributed by atoms with van der Waals surface area (Å²) in [4.78, 5) is 56.1. The molecule has 2 N–H and O–H groups in total. The summed E-state index contributed by atoms with van der Waals surface area (Å²) in [7, 11) is 0. The third-order valence-corrected chi connectivity index (χ3v) is 7.43. The molecular weight excluding hydrogens is 504 g/mol. The molecule has 4 amide bonds. The zero-order valence-corrected chi connectivity index (χ0v) is 21.9. The zero-order chi connectivity index (χ0) is 27.6. The molecule has 2 aliphatic heterocycles. The van der Waals surface area contributed by atoms with E-state index in [1.54, 1.807) is 24.3 Å². The number of carbonyl (C=O) groups is 4. The highest BCUT2D eigenvalue weighted by Crippen LogP contribution is 2.37. The molecule has 8 heteroatoms. The summed E-state index contributed by atoms with van der Waals surface area (Å²) in [6.07, 6.45) is 0. The van der Waals surface area contributed by atoms with Crippen molar-refractivity contribution in [2.24, 2.45) is 0 Å². The lowest BCUT2D eigenvalue weighted by molar-refractivity contribution is 0.0590. The first-order valence-electron chi connectivity index (χ1n) is 13.4. The average Bonchev–Trinajstić information content (AvgIpc) is 2.99. The highest BCUT2D eigenvalue weighted by Gasteiger charge is 2.39. The van der Waals surface area contributed by atoms with Crippen molar-refractivity contribution in [2.45, 2.75) is 13.1 Å². The van der Waals surface area contributed by atoms with Gasteiger partial charge in [0.2, 0.25) is 0 Å². The van der Waals surface area contributed by atoms with Crippen molar-refractivity contribution in [3.8, 4) is 0 Å². The van der Waals surface area contributed by atoms with Gasteiger partial charge in [0, 0.05) is 72.3 Å². The molecule has 6 rings (SSSR count). The highest BCUT2D eigenvalue weighted by molar-refractivity contribution is 6.33. The van der Waals surface area contributed by atoms with Gasteiger partial charge < -0.3 is 10.6 Å². The number of hydrogen-bond donors (Lipinski definition) is 2. The van der Waals surface area contributed by atoms with Crippen LogP contribution in [0.5, 0.6) is 0 Å². The van der Waals surface area contributed by atoms with E-state index in [9.17, 15) is 19.2 Å². The van der Waals surface area contributed by atoms with Crippen LogP contribution in [0.3, 0.4) is 0 Å². The minimum absolute atomic E-state index is 0.205. The van der Waals surface area contributed by atoms with E-state index in [0.29, 0.717) is 59.2 Å². The Morgan fingerprint density at radius 3 is 1.10 bits per heavy atom. The van der Waals surface area contributed by atoms with E-state index in [4.69, 9.17) is 0 Å². The van der Waals surface area contributed by atoms with E-state index in [1.807, 2.05) is 60.7 Å². The molecule has 0 bridgehead atoms. The Hall–Kier alpha value is -4.66. The van der Waals surface area contributed by atoms with Crippen LogP contribution in [0.4, 0.5) is 0 Å². The van der Waals surface area contributed by atoms with Crippen LogP contribution in [0.15, 0.2) is 84.9 Å². The zero-order valence-electron chi connectivity index (χ0n) is 21.9. The third kappa shape index (κ3) is 4.57. The lowest BCUT2D eigenvalue weighted by Gasteiger charge is -2.32. The molecule has 40 heavy (non-hydrogen) atoms. The van der Waals surface area contributed by atoms with Gasteiger partial charge in [-0.15, -0.1) is 0 Å². The maximum absolute atomic E-state index is 13.4. The van der Waals surface area contributed by atoms with Crippen molar-refractivity contribution in [1.29, 1.82) is 0 Å². The Morgan fingerprint density at radius 2 is 0.775 bits per heavy atom. The topological polar surface area (TPSA) is 98.8 Å². The van der Waals surface area contributed by atoms with E-state index in [-0.39, 0.29) is 13.1 Å². The number of nitrogens with one attached hydrogen (secondary N) is 2. The molecule has 0 saturated heterocycles. The maximum atomic E-state index is 13.4. The van der Waals surface area contributed by atoms with Crippen molar-refractivity contribution in [3.63, 3.8) is 0 Å². The summed E-state index contributed by atoms with van der Waals surface area (Å²) in [5, 5.41) is 7.33. The first kappa shape index (κ1) is 25.6. The van der Waals surface area contributed by atoms with Crippen LogP contribution in [-0.2, 0) is 13.1 Å². The monoisotopic (exact) mass is 532 g/mol. The van der Waals surface area contributed by atoms with Gasteiger partial charge in [0.05, 0.1) is 0 Å². The maximum Gasteiger partial charge on any atom is 0.261 e. The largest absolute Gasteiger partial charge is 0.311 e. The van der Waals surface area contributed by atoms with Crippen LogP contribution in [0.2, 0.25) is 0 Å². The SMILES string of the molecule is O=C1c2ccc3c4c(ccc(c24)C(=O)N1CCNCc1ccccc1)C(=O)N(CCNCc1ccccc1)C3=O. The summed E-state index contributed by atoms with van der Waals surface area (Å²) in [5.74, 6) is -1.68. The third-order valence-electron chi connectivity index (χ3n) is 7.43. The summed E-state index contributed by atoms with van der Waals surface area (Å²) in [6.45, 7) is 2.53. The summed E-state index contributed by atoms with van der Waals surface area (Å²) in [6, 6.07) is 26.2. The standard InChI is InChI=1S/C32H28N4O4/c37-29-23-11-13-25-28-26(32(40)36(31(25)39)18-16-34-20-22-9-5-2-6-10-22)14-12-24(27(23)28)30(38)35(29)17-15-33-19-21-7-3-1-4-8-21/h1-14,33-34H,15-20H2. The quantitative estimate of drug-likeness (QED) is 0.239. The van der Waals surface area contributed by atoms with E-state index < -0.39 is 23.6 Å². The van der Waals surface area contributed by atoms with Crippen molar-refractivity contribution in [3.05, 3.63) is 118 Å². The van der Waals surface area contributed by atoms with Gasteiger partial charge in [-0.25, -0.2) is 0 Å². The number of rotatable bonds is 10. The smallest absolute Gasteiger partial charge is 0.261 e. The molecule has 0 aromatic heterocycles. The van der Waals surface area contributed by atoms with Crippen LogP contribution in [0.25, 0.3) is 10.8 Å². The normalized spacial score (nSPS) is 14.4. The Kier molecular flexibility index (Phi) is 6.94. The fourth-order valence-corrected chi connectivity index (χ4v) is 5.42. The van der Waals surface area contributed by atoms with Gasteiger partial charge in [0.25, 0.3) is 23.6 Å². The first-order chi connectivity index (χ1) is 19.5. The molecular formula is C32H28N4O4. The number of hydrogen-bond acceptors (Lipinski definition) is 6. The lowest BCUT2D eigenvalue weighted by atomic mass is 9.86. The average molecular weight is 533 g/mol. The summed E-state index contributed by atoms with van der Waals surface area (Å²) in [5.41, 5.74) is 3.54. The fraction of sp³-hybridized carbons (Fsp3) is 0.188. The van der Waals surface area contributed by atoms with E-state index in [2.05, 4.69) is 10.6 Å². The van der Waals surface area contributed by atoms with E-state index in [0.717, 1.165) is 11.1 Å². The van der Waals surface area contributed by atoms with Crippen LogP contribution in [0.1, 0.15) is 52.6 Å². The van der Waals surface area contributed by atoms with Gasteiger partial charge in [-0.1, -0.05) is 60.7 Å². The van der Waals surface area contributed by atoms with Crippen LogP contribution >= 0.6 is 0 Å². The molecule has 2 heterocycles. The Morgan fingerprint density at radius 1 is 0.450 bits per heavy atom. The molecule has 0 fully saturated rings. The molecule has 200 valence electrons. The van der Waals surface area contributed by atoms with Crippen molar-refractivity contribution in [1.82, 2.24) is 20.4 Å². The number of benzene rings is 4. The molecule has 4 aromatic rings. The minimum Gasteiger partial charge on any atom is -0.311 e. The molecule has 2 aliphatic rings. The van der Waals surface area contributed by atoms with Crippen molar-refractivity contribution >= 4 is 34.4 Å². The fourth-order valence-electron chi connectivity index (χ4n) is 5.42. The van der Waals surface area contributed by atoms with Crippen LogP contribution < -0.4 is 10.6 Å². The molecule has 0 aliphatic carbocycles. The molecule has 8 nitrogen and oxygen atoms in total. The predicted octanol–water partition coefficient (Wildman–Crippen LogP) is 3.61. The van der Waals surface area contributed by atoms with Crippen molar-refractivity contribution in [2.75, 3.05) is 26.2 Å². The molecule has 0 spiro atoms. The Balaban J connectivity index is 1.19. The summed E-state index contributed by atoms with van der Waals surface area (Å²) < 4.78 is 0. The van der Waals surface area contributed by atoms with Crippen molar-refractivity contribution < 1.29 is 19.2 Å². The second-order valence-electron chi connectivity index (χ2n) is 9.92. The predicted molar refractivity (Wildman–Crippen MR) is 151 cm³/mol. The van der Waals surface area contributed by atoms with Gasteiger partial charge >= 0.3 is 0 Å². The molecule has 0 radical (unpaired) electrons. The van der Waals surface area contributed by atoms with Crippen LogP contribution in [-0.4, -0.2) is 59.6 Å². The second-order valence-corrected chi connectivity index (χ2v) is 9.92. The summed E-state index contributed by atoms with van der Waals surface area (Å²) >= 11 is 0. The van der Waals surface area contributed by atoms with E-state index in [1.165, 1.54) is 9.80 Å². The Labute approximate surface area is 231 Å². The van der Waals surface area contributed by atoms with Gasteiger partial charge in [0.1, 0.15) is 0 Å². The van der Waals surface area contributed by atoms with Gasteiger partial charge in [-0.2, -0.15) is 0 Å². The number of imide groups is 2. The number of amides is 4. The molecule has 0 atom stereocenters. The van der Waals surface area contributed by atoms with Gasteiger partial charge in [0.15, 0.2) is 0 Å². The Bertz CT molecular complexity index is 1440. The number of nitrogens with zero attached hydrogens (tertiary/aromatic N) is 2. The minimum atomic E-state index is -0.421. The highest BCUT2D eigenvalue weighted by atomic mass is 16.2. The van der Waals surface area contributed by atoms with Crippen LogP contribution in [0, 0.1) is 0 Å². The van der Waals surface area contributed by atoms with Gasteiger partial charge in [-0.05, 0) is 35.4 Å². The molecule has 4 aromatic carbocycles. The molecule has 0 unspecified atom stereocenters. The lowest BCUT2D eigenvalue weighted by Crippen LogP contribution is -2.46. The second kappa shape index (κ2) is 10.8.